The molecule has 0 aromatic rings. The third-order valence-corrected chi connectivity index (χ3v) is 6.17. The molecule has 0 radical (unpaired) electrons. The van der Waals surface area contributed by atoms with Crippen LogP contribution in [0.25, 0.3) is 0 Å². The molecule has 3 nitrogen and oxygen atoms in total. The molecule has 1 aliphatic heterocycles. The molecular weight excluding hydrogens is 246 g/mol. The Hall–Kier alpha value is -0.870. The van der Waals surface area contributed by atoms with Crippen molar-refractivity contribution in [1.29, 1.82) is 0 Å². The molecule has 2 aliphatic rings. The SMILES string of the molecule is C=C/C(=C\C=C(/C)C1CNC1)C1(S(C)(=O)=O)CC1. The van der Waals surface area contributed by atoms with Crippen LogP contribution in [0.5, 0.6) is 0 Å². The van der Waals surface area contributed by atoms with Gasteiger partial charge in [0.2, 0.25) is 0 Å². The largest absolute Gasteiger partial charge is 0.315 e. The van der Waals surface area contributed by atoms with Gasteiger partial charge in [0.1, 0.15) is 0 Å². The van der Waals surface area contributed by atoms with Crippen molar-refractivity contribution in [2.45, 2.75) is 24.5 Å². The Balaban J connectivity index is 2.21. The van der Waals surface area contributed by atoms with Crippen LogP contribution in [-0.4, -0.2) is 32.5 Å². The summed E-state index contributed by atoms with van der Waals surface area (Å²) in [6, 6.07) is 0. The van der Waals surface area contributed by atoms with Crippen molar-refractivity contribution < 1.29 is 8.42 Å². The maximum absolute atomic E-state index is 11.8. The number of hydrogen-bond donors (Lipinski definition) is 1. The second kappa shape index (κ2) is 4.67. The van der Waals surface area contributed by atoms with Crippen LogP contribution in [0.3, 0.4) is 0 Å². The summed E-state index contributed by atoms with van der Waals surface area (Å²) in [7, 11) is -3.04. The van der Waals surface area contributed by atoms with E-state index in [1.807, 2.05) is 12.2 Å². The highest BCUT2D eigenvalue weighted by Gasteiger charge is 2.53. The lowest BCUT2D eigenvalue weighted by Gasteiger charge is -2.27. The third kappa shape index (κ3) is 2.31. The summed E-state index contributed by atoms with van der Waals surface area (Å²) in [5.74, 6) is 0.598. The first-order valence-electron chi connectivity index (χ1n) is 6.32. The van der Waals surface area contributed by atoms with E-state index in [2.05, 4.69) is 18.8 Å². The van der Waals surface area contributed by atoms with E-state index in [1.54, 1.807) is 6.08 Å². The Morgan fingerprint density at radius 1 is 1.33 bits per heavy atom. The smallest absolute Gasteiger partial charge is 0.157 e. The molecule has 1 saturated carbocycles. The minimum atomic E-state index is -3.04. The molecule has 4 heteroatoms. The lowest BCUT2D eigenvalue weighted by atomic mass is 9.94. The number of sulfone groups is 1. The zero-order valence-electron chi connectivity index (χ0n) is 11.1. The van der Waals surface area contributed by atoms with Crippen LogP contribution in [-0.2, 0) is 9.84 Å². The van der Waals surface area contributed by atoms with Crippen LogP contribution in [0, 0.1) is 5.92 Å². The van der Waals surface area contributed by atoms with Gasteiger partial charge in [0.05, 0.1) is 4.75 Å². The van der Waals surface area contributed by atoms with Gasteiger partial charge >= 0.3 is 0 Å². The van der Waals surface area contributed by atoms with Gasteiger partial charge in [-0.1, -0.05) is 30.4 Å². The maximum atomic E-state index is 11.8. The van der Waals surface area contributed by atoms with Crippen LogP contribution in [0.2, 0.25) is 0 Å². The average Bonchev–Trinajstić information content (AvgIpc) is 2.96. The first-order chi connectivity index (χ1) is 8.40. The summed E-state index contributed by atoms with van der Waals surface area (Å²) >= 11 is 0. The monoisotopic (exact) mass is 267 g/mol. The van der Waals surface area contributed by atoms with Gasteiger partial charge in [0.25, 0.3) is 0 Å². The van der Waals surface area contributed by atoms with Gasteiger partial charge in [-0.05, 0) is 25.3 Å². The van der Waals surface area contributed by atoms with Crippen molar-refractivity contribution in [2.75, 3.05) is 19.3 Å². The highest BCUT2D eigenvalue weighted by molar-refractivity contribution is 7.92. The fraction of sp³-hybridized carbons (Fsp3) is 0.571. The Morgan fingerprint density at radius 2 is 1.94 bits per heavy atom. The molecule has 0 aromatic heterocycles. The fourth-order valence-electron chi connectivity index (χ4n) is 2.36. The van der Waals surface area contributed by atoms with Crippen molar-refractivity contribution in [2.24, 2.45) is 5.92 Å². The molecule has 0 bridgehead atoms. The Kier molecular flexibility index (Phi) is 3.52. The van der Waals surface area contributed by atoms with E-state index in [1.165, 1.54) is 11.8 Å². The van der Waals surface area contributed by atoms with Gasteiger partial charge in [0, 0.05) is 25.3 Å². The minimum absolute atomic E-state index is 0.598. The van der Waals surface area contributed by atoms with E-state index >= 15 is 0 Å². The highest BCUT2D eigenvalue weighted by atomic mass is 32.2. The van der Waals surface area contributed by atoms with E-state index in [0.29, 0.717) is 5.92 Å². The van der Waals surface area contributed by atoms with E-state index < -0.39 is 14.6 Å². The normalized spacial score (nSPS) is 24.6. The average molecular weight is 267 g/mol. The zero-order valence-corrected chi connectivity index (χ0v) is 11.9. The van der Waals surface area contributed by atoms with Gasteiger partial charge in [-0.15, -0.1) is 0 Å². The molecule has 2 fully saturated rings. The predicted octanol–water partition coefficient (Wildman–Crippen LogP) is 1.84. The molecule has 2 rings (SSSR count). The van der Waals surface area contributed by atoms with E-state index in [4.69, 9.17) is 0 Å². The summed E-state index contributed by atoms with van der Waals surface area (Å²) in [5, 5.41) is 3.23. The van der Waals surface area contributed by atoms with Crippen LogP contribution < -0.4 is 5.32 Å². The van der Waals surface area contributed by atoms with Crippen molar-refractivity contribution >= 4 is 9.84 Å². The Morgan fingerprint density at radius 3 is 2.28 bits per heavy atom. The number of nitrogens with one attached hydrogen (secondary N) is 1. The lowest BCUT2D eigenvalue weighted by molar-refractivity contribution is 0.399. The summed E-state index contributed by atoms with van der Waals surface area (Å²) in [5.41, 5.74) is 2.15. The highest BCUT2D eigenvalue weighted by Crippen LogP contribution is 2.49. The summed E-state index contributed by atoms with van der Waals surface area (Å²) in [4.78, 5) is 0. The zero-order chi connectivity index (χ0) is 13.4. The van der Waals surface area contributed by atoms with Crippen molar-refractivity contribution in [3.05, 3.63) is 36.0 Å². The quantitative estimate of drug-likeness (QED) is 0.773. The van der Waals surface area contributed by atoms with Gasteiger partial charge in [0.15, 0.2) is 9.84 Å². The summed E-state index contributed by atoms with van der Waals surface area (Å²) in [6.07, 6.45) is 8.45. The summed E-state index contributed by atoms with van der Waals surface area (Å²) in [6.45, 7) is 7.91. The van der Waals surface area contributed by atoms with Crippen LogP contribution in [0.1, 0.15) is 19.8 Å². The molecule has 0 spiro atoms. The standard InChI is InChI=1S/C14H21NO2S/c1-4-13(14(7-8-14)18(3,16)17)6-5-11(2)12-9-15-10-12/h4-6,12,15H,1,7-10H2,2-3H3/b11-5+,13-6+. The molecule has 1 aliphatic carbocycles. The first-order valence-corrected chi connectivity index (χ1v) is 8.21. The van der Waals surface area contributed by atoms with Crippen LogP contribution >= 0.6 is 0 Å². The van der Waals surface area contributed by atoms with Gasteiger partial charge < -0.3 is 5.32 Å². The van der Waals surface area contributed by atoms with Crippen molar-refractivity contribution in [3.8, 4) is 0 Å². The van der Waals surface area contributed by atoms with Crippen LogP contribution in [0.4, 0.5) is 0 Å². The van der Waals surface area contributed by atoms with Gasteiger partial charge in [-0.3, -0.25) is 0 Å². The van der Waals surface area contributed by atoms with E-state index in [9.17, 15) is 8.42 Å². The number of hydrogen-bond acceptors (Lipinski definition) is 3. The molecule has 0 amide bonds. The fourth-order valence-corrected chi connectivity index (χ4v) is 3.78. The molecule has 0 atom stereocenters. The third-order valence-electron chi connectivity index (χ3n) is 4.11. The second-order valence-corrected chi connectivity index (χ2v) is 7.68. The predicted molar refractivity (Wildman–Crippen MR) is 75.2 cm³/mol. The Labute approximate surface area is 110 Å². The van der Waals surface area contributed by atoms with Crippen molar-refractivity contribution in [3.63, 3.8) is 0 Å². The molecule has 1 N–H and O–H groups in total. The molecule has 0 aromatic carbocycles. The molecule has 1 saturated heterocycles. The molecule has 0 unspecified atom stereocenters. The van der Waals surface area contributed by atoms with E-state index in [0.717, 1.165) is 31.5 Å². The maximum Gasteiger partial charge on any atom is 0.157 e. The number of rotatable bonds is 5. The van der Waals surface area contributed by atoms with Gasteiger partial charge in [-0.25, -0.2) is 8.42 Å². The van der Waals surface area contributed by atoms with Crippen molar-refractivity contribution in [1.82, 2.24) is 5.32 Å². The minimum Gasteiger partial charge on any atom is -0.315 e. The second-order valence-electron chi connectivity index (χ2n) is 5.36. The van der Waals surface area contributed by atoms with E-state index in [-0.39, 0.29) is 0 Å². The molecule has 18 heavy (non-hydrogen) atoms. The summed E-state index contributed by atoms with van der Waals surface area (Å²) < 4.78 is 23.0. The topological polar surface area (TPSA) is 46.2 Å². The Bertz CT molecular complexity index is 506. The lowest BCUT2D eigenvalue weighted by Crippen LogP contribution is -2.42. The van der Waals surface area contributed by atoms with Crippen LogP contribution in [0.15, 0.2) is 36.0 Å². The molecule has 100 valence electrons. The van der Waals surface area contributed by atoms with Gasteiger partial charge in [-0.2, -0.15) is 0 Å². The first kappa shape index (κ1) is 13.6. The number of allylic oxidation sites excluding steroid dienone is 3. The molecule has 1 heterocycles. The molecular formula is C14H21NO2S.